The van der Waals surface area contributed by atoms with E-state index in [1.807, 2.05) is 6.07 Å². The minimum atomic E-state index is 0. The molecule has 0 aliphatic heterocycles. The van der Waals surface area contributed by atoms with E-state index in [1.54, 1.807) is 14.2 Å². The first-order chi connectivity index (χ1) is 13.3. The van der Waals surface area contributed by atoms with Crippen LogP contribution in [0.1, 0.15) is 30.4 Å². The molecular formula is C23H36Cl2N2O2. The lowest BCUT2D eigenvalue weighted by Crippen LogP contribution is -2.20. The molecule has 0 fully saturated rings. The molecule has 2 aromatic carbocycles. The first-order valence-electron chi connectivity index (χ1n) is 9.99. The van der Waals surface area contributed by atoms with Crippen molar-refractivity contribution in [1.29, 1.82) is 0 Å². The molecule has 6 heteroatoms. The number of benzene rings is 2. The van der Waals surface area contributed by atoms with E-state index >= 15 is 0 Å². The first-order valence-corrected chi connectivity index (χ1v) is 9.99. The maximum atomic E-state index is 5.35. The van der Waals surface area contributed by atoms with E-state index in [0.29, 0.717) is 0 Å². The Hall–Kier alpha value is -1.46. The van der Waals surface area contributed by atoms with Gasteiger partial charge in [0.15, 0.2) is 11.5 Å². The Balaban J connectivity index is 0.00000392. The van der Waals surface area contributed by atoms with Crippen LogP contribution in [0.15, 0.2) is 48.5 Å². The fourth-order valence-corrected chi connectivity index (χ4v) is 3.07. The third-order valence-electron chi connectivity index (χ3n) is 4.68. The van der Waals surface area contributed by atoms with Gasteiger partial charge in [-0.2, -0.15) is 0 Å². The molecular weight excluding hydrogens is 407 g/mol. The van der Waals surface area contributed by atoms with Crippen LogP contribution >= 0.6 is 24.8 Å². The molecule has 0 heterocycles. The van der Waals surface area contributed by atoms with Crippen molar-refractivity contribution < 1.29 is 9.47 Å². The summed E-state index contributed by atoms with van der Waals surface area (Å²) in [6.45, 7) is 4.24. The van der Waals surface area contributed by atoms with Crippen LogP contribution in [0.3, 0.4) is 0 Å². The standard InChI is InChI=1S/C23H34N2O2.2ClH/c1-26-22-12-11-21(19-23(22)27-2)14-18-25-16-8-4-7-15-24-17-13-20-9-5-3-6-10-20;;/h3,5-6,9-12,19,24-25H,4,7-8,13-18H2,1-2H3;2*1H. The van der Waals surface area contributed by atoms with Gasteiger partial charge >= 0.3 is 0 Å². The summed E-state index contributed by atoms with van der Waals surface area (Å²) in [5, 5.41) is 7.07. The Bertz CT molecular complexity index is 642. The fraction of sp³-hybridized carbons (Fsp3) is 0.478. The highest BCUT2D eigenvalue weighted by Crippen LogP contribution is 2.27. The van der Waals surface area contributed by atoms with Crippen LogP contribution in [-0.4, -0.2) is 40.4 Å². The van der Waals surface area contributed by atoms with Gasteiger partial charge < -0.3 is 20.1 Å². The Morgan fingerprint density at radius 3 is 1.79 bits per heavy atom. The zero-order valence-electron chi connectivity index (χ0n) is 17.6. The predicted molar refractivity (Wildman–Crippen MR) is 127 cm³/mol. The summed E-state index contributed by atoms with van der Waals surface area (Å²) < 4.78 is 10.6. The molecule has 0 radical (unpaired) electrons. The summed E-state index contributed by atoms with van der Waals surface area (Å²) in [5.74, 6) is 1.58. The van der Waals surface area contributed by atoms with Gasteiger partial charge in [-0.1, -0.05) is 42.8 Å². The van der Waals surface area contributed by atoms with Crippen molar-refractivity contribution in [2.45, 2.75) is 32.1 Å². The summed E-state index contributed by atoms with van der Waals surface area (Å²) in [6, 6.07) is 16.8. The number of rotatable bonds is 14. The second kappa shape index (κ2) is 17.4. The van der Waals surface area contributed by atoms with E-state index in [-0.39, 0.29) is 24.8 Å². The van der Waals surface area contributed by atoms with E-state index in [2.05, 4.69) is 53.1 Å². The molecule has 0 aromatic heterocycles. The maximum absolute atomic E-state index is 5.35. The van der Waals surface area contributed by atoms with E-state index in [1.165, 1.54) is 30.4 Å². The second-order valence-electron chi connectivity index (χ2n) is 6.74. The second-order valence-corrected chi connectivity index (χ2v) is 6.74. The van der Waals surface area contributed by atoms with Gasteiger partial charge in [-0.05, 0) is 75.1 Å². The molecule has 2 rings (SSSR count). The highest BCUT2D eigenvalue weighted by molar-refractivity contribution is 5.85. The van der Waals surface area contributed by atoms with Gasteiger partial charge in [0.2, 0.25) is 0 Å². The molecule has 2 aromatic rings. The molecule has 2 N–H and O–H groups in total. The molecule has 164 valence electrons. The van der Waals surface area contributed by atoms with Crippen LogP contribution in [0.25, 0.3) is 0 Å². The van der Waals surface area contributed by atoms with E-state index in [4.69, 9.17) is 9.47 Å². The number of unbranched alkanes of at least 4 members (excludes halogenated alkanes) is 2. The van der Waals surface area contributed by atoms with Crippen LogP contribution in [0.5, 0.6) is 11.5 Å². The average molecular weight is 443 g/mol. The van der Waals surface area contributed by atoms with Crippen LogP contribution in [0, 0.1) is 0 Å². The Kier molecular flexibility index (Phi) is 16.5. The van der Waals surface area contributed by atoms with Crippen molar-refractivity contribution in [3.63, 3.8) is 0 Å². The monoisotopic (exact) mass is 442 g/mol. The van der Waals surface area contributed by atoms with Crippen molar-refractivity contribution in [2.75, 3.05) is 40.4 Å². The number of ether oxygens (including phenoxy) is 2. The minimum absolute atomic E-state index is 0. The lowest BCUT2D eigenvalue weighted by molar-refractivity contribution is 0.354. The minimum Gasteiger partial charge on any atom is -0.493 e. The third kappa shape index (κ3) is 11.3. The largest absolute Gasteiger partial charge is 0.493 e. The number of nitrogens with one attached hydrogen (secondary N) is 2. The van der Waals surface area contributed by atoms with Crippen LogP contribution in [-0.2, 0) is 12.8 Å². The Morgan fingerprint density at radius 1 is 0.621 bits per heavy atom. The Morgan fingerprint density at radius 2 is 1.21 bits per heavy atom. The number of halogens is 2. The van der Waals surface area contributed by atoms with Crippen molar-refractivity contribution in [2.24, 2.45) is 0 Å². The zero-order chi connectivity index (χ0) is 19.2. The molecule has 0 spiro atoms. The summed E-state index contributed by atoms with van der Waals surface area (Å²) >= 11 is 0. The normalized spacial score (nSPS) is 10.0. The molecule has 0 bridgehead atoms. The smallest absolute Gasteiger partial charge is 0.160 e. The van der Waals surface area contributed by atoms with Crippen molar-refractivity contribution in [3.05, 3.63) is 59.7 Å². The lowest BCUT2D eigenvalue weighted by atomic mass is 10.1. The van der Waals surface area contributed by atoms with Gasteiger partial charge in [-0.15, -0.1) is 24.8 Å². The quantitative estimate of drug-likeness (QED) is 0.416. The third-order valence-corrected chi connectivity index (χ3v) is 4.68. The van der Waals surface area contributed by atoms with Gasteiger partial charge in [0.25, 0.3) is 0 Å². The molecule has 0 amide bonds. The van der Waals surface area contributed by atoms with Gasteiger partial charge in [0.1, 0.15) is 0 Å². The molecule has 0 atom stereocenters. The molecule has 0 saturated heterocycles. The van der Waals surface area contributed by atoms with E-state index < -0.39 is 0 Å². The van der Waals surface area contributed by atoms with Crippen molar-refractivity contribution in [3.8, 4) is 11.5 Å². The maximum Gasteiger partial charge on any atom is 0.160 e. The van der Waals surface area contributed by atoms with Crippen molar-refractivity contribution in [1.82, 2.24) is 10.6 Å². The molecule has 0 aliphatic carbocycles. The molecule has 0 aliphatic rings. The summed E-state index contributed by atoms with van der Waals surface area (Å²) in [7, 11) is 3.34. The highest BCUT2D eigenvalue weighted by atomic mass is 35.5. The highest BCUT2D eigenvalue weighted by Gasteiger charge is 2.04. The lowest BCUT2D eigenvalue weighted by Gasteiger charge is -2.10. The number of hydrogen-bond acceptors (Lipinski definition) is 4. The molecule has 0 unspecified atom stereocenters. The summed E-state index contributed by atoms with van der Waals surface area (Å²) in [4.78, 5) is 0. The number of hydrogen-bond donors (Lipinski definition) is 2. The fourth-order valence-electron chi connectivity index (χ4n) is 3.07. The molecule has 4 nitrogen and oxygen atoms in total. The van der Waals surface area contributed by atoms with Gasteiger partial charge in [0.05, 0.1) is 14.2 Å². The zero-order valence-corrected chi connectivity index (χ0v) is 19.2. The van der Waals surface area contributed by atoms with Gasteiger partial charge in [0, 0.05) is 0 Å². The average Bonchev–Trinajstić information content (AvgIpc) is 2.72. The summed E-state index contributed by atoms with van der Waals surface area (Å²) in [6.07, 6.45) is 5.85. The SMILES string of the molecule is COc1ccc(CCNCCCCCNCCc2ccccc2)cc1OC.Cl.Cl. The first kappa shape index (κ1) is 27.5. The predicted octanol–water partition coefficient (Wildman–Crippen LogP) is 4.68. The van der Waals surface area contributed by atoms with Gasteiger partial charge in [-0.3, -0.25) is 0 Å². The van der Waals surface area contributed by atoms with E-state index in [0.717, 1.165) is 50.5 Å². The van der Waals surface area contributed by atoms with Crippen LogP contribution in [0.4, 0.5) is 0 Å². The topological polar surface area (TPSA) is 42.5 Å². The van der Waals surface area contributed by atoms with Crippen molar-refractivity contribution >= 4 is 24.8 Å². The Labute approximate surface area is 188 Å². The van der Waals surface area contributed by atoms with E-state index in [9.17, 15) is 0 Å². The number of methoxy groups -OCH3 is 2. The summed E-state index contributed by atoms with van der Waals surface area (Å²) in [5.41, 5.74) is 2.67. The van der Waals surface area contributed by atoms with Gasteiger partial charge in [-0.25, -0.2) is 0 Å². The van der Waals surface area contributed by atoms with Crippen LogP contribution < -0.4 is 20.1 Å². The van der Waals surface area contributed by atoms with Crippen LogP contribution in [0.2, 0.25) is 0 Å². The molecule has 29 heavy (non-hydrogen) atoms. The molecule has 0 saturated carbocycles.